The fourth-order valence-corrected chi connectivity index (χ4v) is 2.46. The Morgan fingerprint density at radius 1 is 1.45 bits per heavy atom. The second-order valence-electron chi connectivity index (χ2n) is 6.21. The molecule has 7 heteroatoms. The van der Waals surface area contributed by atoms with Crippen molar-refractivity contribution >= 4 is 17.2 Å². The Bertz CT molecular complexity index is 495. The topological polar surface area (TPSA) is 69.0 Å². The van der Waals surface area contributed by atoms with E-state index in [-0.39, 0.29) is 18.6 Å². The van der Waals surface area contributed by atoms with Gasteiger partial charge in [0.05, 0.1) is 18.9 Å². The van der Waals surface area contributed by atoms with Crippen LogP contribution in [0.15, 0.2) is 22.8 Å². The van der Waals surface area contributed by atoms with Gasteiger partial charge in [-0.3, -0.25) is 4.18 Å². The number of hydrogen-bond acceptors (Lipinski definition) is 5. The van der Waals surface area contributed by atoms with Gasteiger partial charge in [0.15, 0.2) is 11.1 Å². The summed E-state index contributed by atoms with van der Waals surface area (Å²) < 4.78 is 27.1. The monoisotopic (exact) mass is 331 g/mol. The molecule has 6 nitrogen and oxygen atoms in total. The number of ether oxygens (including phenoxy) is 1. The zero-order valence-corrected chi connectivity index (χ0v) is 14.8. The van der Waals surface area contributed by atoms with Gasteiger partial charge in [-0.2, -0.15) is 0 Å². The van der Waals surface area contributed by atoms with Crippen LogP contribution in [-0.2, 0) is 20.0 Å². The summed E-state index contributed by atoms with van der Waals surface area (Å²) in [6, 6.07) is 3.19. The van der Waals surface area contributed by atoms with Crippen LogP contribution in [0.1, 0.15) is 39.5 Å². The molecule has 0 saturated heterocycles. The zero-order chi connectivity index (χ0) is 16.9. The van der Waals surface area contributed by atoms with Crippen molar-refractivity contribution in [2.24, 2.45) is 5.92 Å². The standard InChI is InChI=1S/C15H25NO5S/c1-11(10-20-22(6)18)13(12-8-7-9-19-12)16(5)14(17)21-15(2,3)4/h7-9,11,13H,10H2,1-6H3. The van der Waals surface area contributed by atoms with Crippen LogP contribution in [0, 0.1) is 5.92 Å². The lowest BCUT2D eigenvalue weighted by molar-refractivity contribution is 0.0117. The van der Waals surface area contributed by atoms with Crippen molar-refractivity contribution < 1.29 is 22.3 Å². The Kier molecular flexibility index (Phi) is 6.62. The summed E-state index contributed by atoms with van der Waals surface area (Å²) in [4.78, 5) is 13.8. The van der Waals surface area contributed by atoms with Gasteiger partial charge in [0, 0.05) is 19.2 Å². The van der Waals surface area contributed by atoms with Gasteiger partial charge in [-0.15, -0.1) is 0 Å². The average Bonchev–Trinajstić information content (AvgIpc) is 2.88. The highest BCUT2D eigenvalue weighted by molar-refractivity contribution is 7.79. The van der Waals surface area contributed by atoms with Gasteiger partial charge < -0.3 is 14.1 Å². The summed E-state index contributed by atoms with van der Waals surface area (Å²) in [7, 11) is 1.65. The minimum Gasteiger partial charge on any atom is -0.467 e. The van der Waals surface area contributed by atoms with Gasteiger partial charge in [0.1, 0.15) is 11.4 Å². The largest absolute Gasteiger partial charge is 0.467 e. The Labute approximate surface area is 134 Å². The molecule has 22 heavy (non-hydrogen) atoms. The minimum absolute atomic E-state index is 0.118. The van der Waals surface area contributed by atoms with Crippen molar-refractivity contribution in [3.63, 3.8) is 0 Å². The van der Waals surface area contributed by atoms with E-state index in [4.69, 9.17) is 13.3 Å². The van der Waals surface area contributed by atoms with Crippen LogP contribution in [-0.4, -0.2) is 40.7 Å². The third kappa shape index (κ3) is 5.81. The first kappa shape index (κ1) is 18.7. The first-order valence-corrected chi connectivity index (χ1v) is 8.56. The van der Waals surface area contributed by atoms with E-state index in [0.29, 0.717) is 5.76 Å². The van der Waals surface area contributed by atoms with Crippen LogP contribution in [0.3, 0.4) is 0 Å². The summed E-state index contributed by atoms with van der Waals surface area (Å²) in [5.74, 6) is 0.513. The van der Waals surface area contributed by atoms with Crippen LogP contribution in [0.5, 0.6) is 0 Å². The first-order valence-electron chi connectivity index (χ1n) is 7.07. The second kappa shape index (κ2) is 7.78. The number of hydrogen-bond donors (Lipinski definition) is 0. The van der Waals surface area contributed by atoms with Crippen molar-refractivity contribution in [2.45, 2.75) is 39.3 Å². The van der Waals surface area contributed by atoms with E-state index < -0.39 is 22.8 Å². The van der Waals surface area contributed by atoms with Crippen molar-refractivity contribution in [1.82, 2.24) is 4.90 Å². The molecule has 0 fully saturated rings. The summed E-state index contributed by atoms with van der Waals surface area (Å²) >= 11 is -1.35. The molecule has 0 radical (unpaired) electrons. The minimum atomic E-state index is -1.35. The predicted octanol–water partition coefficient (Wildman–Crippen LogP) is 3.13. The predicted molar refractivity (Wildman–Crippen MR) is 84.6 cm³/mol. The molecule has 1 aromatic heterocycles. The molecule has 1 rings (SSSR count). The van der Waals surface area contributed by atoms with Crippen molar-refractivity contribution in [3.8, 4) is 0 Å². The number of rotatable bonds is 6. The van der Waals surface area contributed by atoms with Gasteiger partial charge in [0.2, 0.25) is 0 Å². The van der Waals surface area contributed by atoms with Gasteiger partial charge in [0.25, 0.3) is 0 Å². The maximum absolute atomic E-state index is 12.3. The summed E-state index contributed by atoms with van der Waals surface area (Å²) in [5, 5.41) is 0. The van der Waals surface area contributed by atoms with E-state index in [1.807, 2.05) is 27.7 Å². The van der Waals surface area contributed by atoms with E-state index in [0.717, 1.165) is 0 Å². The highest BCUT2D eigenvalue weighted by Crippen LogP contribution is 2.29. The van der Waals surface area contributed by atoms with E-state index in [1.54, 1.807) is 25.4 Å². The summed E-state index contributed by atoms with van der Waals surface area (Å²) in [5.41, 5.74) is -0.580. The number of carbonyl (C=O) groups excluding carboxylic acids is 1. The molecule has 126 valence electrons. The highest BCUT2D eigenvalue weighted by Gasteiger charge is 2.32. The van der Waals surface area contributed by atoms with Gasteiger partial charge in [-0.1, -0.05) is 6.92 Å². The molecular weight excluding hydrogens is 306 g/mol. The molecule has 3 unspecified atom stereocenters. The Hall–Kier alpha value is -1.34. The van der Waals surface area contributed by atoms with Crippen LogP contribution >= 0.6 is 0 Å². The first-order chi connectivity index (χ1) is 10.1. The van der Waals surface area contributed by atoms with Crippen molar-refractivity contribution in [3.05, 3.63) is 24.2 Å². The van der Waals surface area contributed by atoms with Crippen LogP contribution in [0.25, 0.3) is 0 Å². The smallest absolute Gasteiger partial charge is 0.410 e. The third-order valence-corrected chi connectivity index (χ3v) is 3.44. The number of amides is 1. The molecule has 0 bridgehead atoms. The SMILES string of the molecule is CC(COS(C)=O)C(c1ccco1)N(C)C(=O)OC(C)(C)C. The molecule has 0 aliphatic rings. The van der Waals surface area contributed by atoms with Gasteiger partial charge in [-0.25, -0.2) is 9.00 Å². The number of nitrogens with zero attached hydrogens (tertiary/aromatic N) is 1. The van der Waals surface area contributed by atoms with E-state index in [1.165, 1.54) is 11.2 Å². The van der Waals surface area contributed by atoms with Crippen molar-refractivity contribution in [2.75, 3.05) is 19.9 Å². The van der Waals surface area contributed by atoms with E-state index in [9.17, 15) is 9.00 Å². The molecule has 3 atom stereocenters. The molecule has 1 aromatic rings. The molecule has 0 aromatic carbocycles. The second-order valence-corrected chi connectivity index (χ2v) is 7.25. The van der Waals surface area contributed by atoms with Crippen molar-refractivity contribution in [1.29, 1.82) is 0 Å². The number of carbonyl (C=O) groups is 1. The van der Waals surface area contributed by atoms with Crippen LogP contribution < -0.4 is 0 Å². The van der Waals surface area contributed by atoms with Gasteiger partial charge >= 0.3 is 6.09 Å². The molecule has 1 amide bonds. The summed E-state index contributed by atoms with van der Waals surface area (Å²) in [6.45, 7) is 7.58. The number of furan rings is 1. The molecule has 0 aliphatic carbocycles. The van der Waals surface area contributed by atoms with Crippen LogP contribution in [0.2, 0.25) is 0 Å². The average molecular weight is 331 g/mol. The maximum atomic E-state index is 12.3. The highest BCUT2D eigenvalue weighted by atomic mass is 32.2. The molecular formula is C15H25NO5S. The Balaban J connectivity index is 2.90. The Morgan fingerprint density at radius 3 is 2.55 bits per heavy atom. The lowest BCUT2D eigenvalue weighted by Gasteiger charge is -2.32. The molecule has 1 heterocycles. The normalized spacial score (nSPS) is 15.9. The van der Waals surface area contributed by atoms with E-state index >= 15 is 0 Å². The van der Waals surface area contributed by atoms with Gasteiger partial charge in [-0.05, 0) is 32.9 Å². The summed E-state index contributed by atoms with van der Waals surface area (Å²) in [6.07, 6.45) is 2.57. The molecule has 0 spiro atoms. The maximum Gasteiger partial charge on any atom is 0.410 e. The van der Waals surface area contributed by atoms with Crippen LogP contribution in [0.4, 0.5) is 4.79 Å². The molecule has 0 saturated carbocycles. The Morgan fingerprint density at radius 2 is 2.09 bits per heavy atom. The third-order valence-electron chi connectivity index (χ3n) is 2.97. The fraction of sp³-hybridized carbons (Fsp3) is 0.667. The quantitative estimate of drug-likeness (QED) is 0.801. The fourth-order valence-electron chi connectivity index (χ4n) is 2.05. The molecule has 0 aliphatic heterocycles. The van der Waals surface area contributed by atoms with E-state index in [2.05, 4.69) is 0 Å². The lowest BCUT2D eigenvalue weighted by atomic mass is 9.99. The molecule has 0 N–H and O–H groups in total. The lowest BCUT2D eigenvalue weighted by Crippen LogP contribution is -2.39. The zero-order valence-electron chi connectivity index (χ0n) is 14.0.